The van der Waals surface area contributed by atoms with Crippen molar-refractivity contribution in [1.29, 1.82) is 0 Å². The van der Waals surface area contributed by atoms with Crippen molar-refractivity contribution in [2.45, 2.75) is 54.4 Å². The lowest BCUT2D eigenvalue weighted by Crippen LogP contribution is -1.93. The Hall–Kier alpha value is -0.780. The summed E-state index contributed by atoms with van der Waals surface area (Å²) >= 11 is 0. The van der Waals surface area contributed by atoms with Crippen molar-refractivity contribution in [3.8, 4) is 0 Å². The van der Waals surface area contributed by atoms with Crippen LogP contribution in [0.5, 0.6) is 0 Å². The SMILES string of the molecule is C.CC(C)(C)C.c1ccc2c(c1)CCC2. The largest absolute Gasteiger partial charge is 0.0776 e. The minimum atomic E-state index is 0. The average molecular weight is 206 g/mol. The molecule has 0 atom stereocenters. The molecule has 0 nitrogen and oxygen atoms in total. The molecule has 1 aromatic rings. The molecular formula is C15H26. The topological polar surface area (TPSA) is 0 Å². The van der Waals surface area contributed by atoms with Gasteiger partial charge in [0.1, 0.15) is 0 Å². The van der Waals surface area contributed by atoms with E-state index in [9.17, 15) is 0 Å². The van der Waals surface area contributed by atoms with E-state index >= 15 is 0 Å². The van der Waals surface area contributed by atoms with E-state index in [4.69, 9.17) is 0 Å². The van der Waals surface area contributed by atoms with Gasteiger partial charge in [-0.25, -0.2) is 0 Å². The lowest BCUT2D eigenvalue weighted by Gasteiger charge is -2.05. The zero-order valence-electron chi connectivity index (χ0n) is 9.93. The molecule has 2 rings (SSSR count). The lowest BCUT2D eigenvalue weighted by atomic mass is 10.0. The van der Waals surface area contributed by atoms with E-state index in [1.807, 2.05) is 0 Å². The summed E-state index contributed by atoms with van der Waals surface area (Å²) in [7, 11) is 0. The van der Waals surface area contributed by atoms with Gasteiger partial charge in [-0.2, -0.15) is 0 Å². The third-order valence-electron chi connectivity index (χ3n) is 2.01. The van der Waals surface area contributed by atoms with Crippen molar-refractivity contribution in [3.63, 3.8) is 0 Å². The molecule has 0 heterocycles. The van der Waals surface area contributed by atoms with Gasteiger partial charge in [-0.1, -0.05) is 59.4 Å². The van der Waals surface area contributed by atoms with Crippen LogP contribution in [0.2, 0.25) is 0 Å². The summed E-state index contributed by atoms with van der Waals surface area (Å²) < 4.78 is 0. The fraction of sp³-hybridized carbons (Fsp3) is 0.600. The van der Waals surface area contributed by atoms with Gasteiger partial charge in [0.25, 0.3) is 0 Å². The Bertz CT molecular complexity index is 249. The van der Waals surface area contributed by atoms with E-state index in [0.717, 1.165) is 0 Å². The highest BCUT2D eigenvalue weighted by atomic mass is 14.1. The average Bonchev–Trinajstić information content (AvgIpc) is 2.47. The summed E-state index contributed by atoms with van der Waals surface area (Å²) in [6, 6.07) is 8.74. The molecule has 15 heavy (non-hydrogen) atoms. The van der Waals surface area contributed by atoms with Gasteiger partial charge in [0.2, 0.25) is 0 Å². The second-order valence-electron chi connectivity index (χ2n) is 5.62. The van der Waals surface area contributed by atoms with Gasteiger partial charge < -0.3 is 0 Å². The molecule has 0 unspecified atom stereocenters. The maximum absolute atomic E-state index is 2.24. The highest BCUT2D eigenvalue weighted by Crippen LogP contribution is 2.20. The van der Waals surface area contributed by atoms with Gasteiger partial charge in [0.05, 0.1) is 0 Å². The first-order valence-electron chi connectivity index (χ1n) is 5.53. The van der Waals surface area contributed by atoms with Crippen molar-refractivity contribution in [2.24, 2.45) is 5.41 Å². The monoisotopic (exact) mass is 206 g/mol. The Morgan fingerprint density at radius 2 is 1.20 bits per heavy atom. The van der Waals surface area contributed by atoms with Crippen LogP contribution in [0, 0.1) is 5.41 Å². The van der Waals surface area contributed by atoms with E-state index in [1.165, 1.54) is 19.3 Å². The van der Waals surface area contributed by atoms with Crippen LogP contribution in [0.4, 0.5) is 0 Å². The van der Waals surface area contributed by atoms with Crippen LogP contribution in [-0.2, 0) is 12.8 Å². The molecule has 0 saturated heterocycles. The van der Waals surface area contributed by atoms with Crippen molar-refractivity contribution >= 4 is 0 Å². The molecule has 0 aliphatic heterocycles. The predicted octanol–water partition coefficient (Wildman–Crippen LogP) is 4.86. The predicted molar refractivity (Wildman–Crippen MR) is 70.3 cm³/mol. The van der Waals surface area contributed by atoms with Gasteiger partial charge in [-0.15, -0.1) is 0 Å². The van der Waals surface area contributed by atoms with E-state index in [-0.39, 0.29) is 7.43 Å². The zero-order chi connectivity index (χ0) is 10.6. The first kappa shape index (κ1) is 14.2. The number of fused-ring (bicyclic) bond motifs is 1. The van der Waals surface area contributed by atoms with E-state index in [0.29, 0.717) is 5.41 Å². The Balaban J connectivity index is 0.000000289. The van der Waals surface area contributed by atoms with Gasteiger partial charge in [0.15, 0.2) is 0 Å². The van der Waals surface area contributed by atoms with Crippen LogP contribution < -0.4 is 0 Å². The molecule has 1 aliphatic carbocycles. The number of benzene rings is 1. The summed E-state index contributed by atoms with van der Waals surface area (Å²) in [5.74, 6) is 0. The minimum absolute atomic E-state index is 0. The van der Waals surface area contributed by atoms with Gasteiger partial charge in [0, 0.05) is 0 Å². The summed E-state index contributed by atoms with van der Waals surface area (Å²) in [5, 5.41) is 0. The van der Waals surface area contributed by atoms with Crippen LogP contribution in [0.15, 0.2) is 24.3 Å². The molecule has 0 fully saturated rings. The third kappa shape index (κ3) is 6.33. The van der Waals surface area contributed by atoms with Crippen molar-refractivity contribution in [2.75, 3.05) is 0 Å². The quantitative estimate of drug-likeness (QED) is 0.568. The highest BCUT2D eigenvalue weighted by molar-refractivity contribution is 5.30. The Kier molecular flexibility index (Phi) is 5.64. The van der Waals surface area contributed by atoms with E-state index in [1.54, 1.807) is 11.1 Å². The molecule has 1 aromatic carbocycles. The second kappa shape index (κ2) is 5.95. The number of hydrogen-bond acceptors (Lipinski definition) is 0. The fourth-order valence-corrected chi connectivity index (χ4v) is 1.51. The Morgan fingerprint density at radius 3 is 1.53 bits per heavy atom. The Morgan fingerprint density at radius 1 is 0.867 bits per heavy atom. The maximum Gasteiger partial charge on any atom is -0.0273 e. The van der Waals surface area contributed by atoms with Crippen molar-refractivity contribution in [1.82, 2.24) is 0 Å². The normalized spacial score (nSPS) is 13.3. The standard InChI is InChI=1S/C9H10.C5H12.CH4/c1-2-5-9-7-3-6-8(9)4-1;1-5(2,3)4;/h1-2,4-5H,3,6-7H2;1-4H3;1H4. The van der Waals surface area contributed by atoms with Crippen molar-refractivity contribution < 1.29 is 0 Å². The lowest BCUT2D eigenvalue weighted by molar-refractivity contribution is 0.469. The van der Waals surface area contributed by atoms with Gasteiger partial charge in [-0.05, 0) is 35.8 Å². The van der Waals surface area contributed by atoms with E-state index < -0.39 is 0 Å². The fourth-order valence-electron chi connectivity index (χ4n) is 1.51. The summed E-state index contributed by atoms with van der Waals surface area (Å²) in [6.07, 6.45) is 3.96. The van der Waals surface area contributed by atoms with Crippen LogP contribution in [0.3, 0.4) is 0 Å². The highest BCUT2D eigenvalue weighted by Gasteiger charge is 2.07. The summed E-state index contributed by atoms with van der Waals surface area (Å²) in [6.45, 7) is 8.75. The molecule has 0 heteroatoms. The first-order chi connectivity index (χ1) is 6.47. The third-order valence-corrected chi connectivity index (χ3v) is 2.01. The maximum atomic E-state index is 2.24. The van der Waals surface area contributed by atoms with Gasteiger partial charge >= 0.3 is 0 Å². The molecule has 0 bridgehead atoms. The van der Waals surface area contributed by atoms with Crippen LogP contribution in [-0.4, -0.2) is 0 Å². The van der Waals surface area contributed by atoms with Crippen LogP contribution in [0.25, 0.3) is 0 Å². The smallest absolute Gasteiger partial charge is 0.0273 e. The second-order valence-corrected chi connectivity index (χ2v) is 5.62. The first-order valence-corrected chi connectivity index (χ1v) is 5.53. The molecule has 0 saturated carbocycles. The molecule has 0 aromatic heterocycles. The molecule has 0 radical (unpaired) electrons. The van der Waals surface area contributed by atoms with E-state index in [2.05, 4.69) is 52.0 Å². The molecule has 0 N–H and O–H groups in total. The zero-order valence-corrected chi connectivity index (χ0v) is 9.93. The number of hydrogen-bond donors (Lipinski definition) is 0. The molecule has 0 spiro atoms. The Labute approximate surface area is 95.7 Å². The summed E-state index contributed by atoms with van der Waals surface area (Å²) in [4.78, 5) is 0. The number of rotatable bonds is 0. The minimum Gasteiger partial charge on any atom is -0.0776 e. The summed E-state index contributed by atoms with van der Waals surface area (Å²) in [5.41, 5.74) is 3.63. The van der Waals surface area contributed by atoms with Gasteiger partial charge in [-0.3, -0.25) is 0 Å². The molecule has 1 aliphatic rings. The molecule has 0 amide bonds. The van der Waals surface area contributed by atoms with Crippen molar-refractivity contribution in [3.05, 3.63) is 35.4 Å². The van der Waals surface area contributed by atoms with Crippen LogP contribution >= 0.6 is 0 Å². The molecular weight excluding hydrogens is 180 g/mol. The number of aryl methyl sites for hydroxylation is 2. The molecule has 86 valence electrons. The van der Waals surface area contributed by atoms with Crippen LogP contribution in [0.1, 0.15) is 52.7 Å².